The summed E-state index contributed by atoms with van der Waals surface area (Å²) in [4.78, 5) is 29.8. The van der Waals surface area contributed by atoms with Gasteiger partial charge in [0.15, 0.2) is 0 Å². The number of hydrogen-bond donors (Lipinski definition) is 1. The van der Waals surface area contributed by atoms with Crippen molar-refractivity contribution in [2.75, 3.05) is 17.5 Å². The number of ether oxygens (including phenoxy) is 1. The second kappa shape index (κ2) is 15.6. The Bertz CT molecular complexity index is 1670. The van der Waals surface area contributed by atoms with Gasteiger partial charge in [0.25, 0.3) is 10.0 Å². The molecule has 236 valence electrons. The van der Waals surface area contributed by atoms with Crippen LogP contribution in [0.3, 0.4) is 0 Å². The highest BCUT2D eigenvalue weighted by atomic mass is 35.5. The highest BCUT2D eigenvalue weighted by Gasteiger charge is 2.35. The van der Waals surface area contributed by atoms with Crippen LogP contribution in [-0.4, -0.2) is 50.4 Å². The van der Waals surface area contributed by atoms with E-state index in [4.69, 9.17) is 16.3 Å². The summed E-state index contributed by atoms with van der Waals surface area (Å²) in [6, 6.07) is 29.9. The summed E-state index contributed by atoms with van der Waals surface area (Å²) in [5, 5.41) is 3.48. The molecule has 10 heteroatoms. The molecule has 0 aliphatic heterocycles. The largest absolute Gasteiger partial charge is 0.492 e. The van der Waals surface area contributed by atoms with Crippen LogP contribution in [0.1, 0.15) is 31.9 Å². The first-order valence-electron chi connectivity index (χ1n) is 14.8. The highest BCUT2D eigenvalue weighted by molar-refractivity contribution is 7.92. The maximum Gasteiger partial charge on any atom is 0.264 e. The summed E-state index contributed by atoms with van der Waals surface area (Å²) in [5.41, 5.74) is 1.80. The second-order valence-corrected chi connectivity index (χ2v) is 13.0. The molecule has 0 aliphatic carbocycles. The molecule has 4 rings (SSSR count). The SMILES string of the molecule is CCOc1ccccc1N(CC(=O)N(Cc1ccc(Cl)cc1)[C@H](Cc1ccccc1)C(=O)NC(C)C)S(=O)(=O)c1ccccc1. The molecule has 0 bridgehead atoms. The van der Waals surface area contributed by atoms with Crippen LogP contribution >= 0.6 is 11.6 Å². The van der Waals surface area contributed by atoms with Crippen LogP contribution in [0.2, 0.25) is 5.02 Å². The standard InChI is InChI=1S/C35H38ClN3O5S/c1-4-44-33-18-12-11-17-31(33)39(45(42,43)30-15-9-6-10-16-30)25-34(40)38(24-28-19-21-29(36)22-20-28)32(35(41)37-26(2)3)23-27-13-7-5-8-14-27/h5-22,26,32H,4,23-25H2,1-3H3,(H,37,41)/t32-/m1/s1. The van der Waals surface area contributed by atoms with Crippen LogP contribution in [0.25, 0.3) is 0 Å². The molecule has 0 saturated carbocycles. The van der Waals surface area contributed by atoms with Crippen LogP contribution in [0, 0.1) is 0 Å². The number of anilines is 1. The number of benzene rings is 4. The molecule has 8 nitrogen and oxygen atoms in total. The Morgan fingerprint density at radius 1 is 0.822 bits per heavy atom. The van der Waals surface area contributed by atoms with Gasteiger partial charge >= 0.3 is 0 Å². The minimum Gasteiger partial charge on any atom is -0.492 e. The van der Waals surface area contributed by atoms with E-state index >= 15 is 0 Å². The van der Waals surface area contributed by atoms with Crippen LogP contribution in [-0.2, 0) is 32.6 Å². The van der Waals surface area contributed by atoms with Gasteiger partial charge in [0, 0.05) is 24.0 Å². The summed E-state index contributed by atoms with van der Waals surface area (Å²) >= 11 is 6.14. The van der Waals surface area contributed by atoms with Crippen LogP contribution in [0.5, 0.6) is 5.75 Å². The van der Waals surface area contributed by atoms with Crippen molar-refractivity contribution in [1.29, 1.82) is 0 Å². The summed E-state index contributed by atoms with van der Waals surface area (Å²) < 4.78 is 35.2. The molecule has 0 unspecified atom stereocenters. The number of sulfonamides is 1. The van der Waals surface area contributed by atoms with Gasteiger partial charge < -0.3 is 15.0 Å². The first-order valence-corrected chi connectivity index (χ1v) is 16.6. The Morgan fingerprint density at radius 2 is 1.42 bits per heavy atom. The van der Waals surface area contributed by atoms with E-state index in [-0.39, 0.29) is 35.5 Å². The Kier molecular flexibility index (Phi) is 11.6. The first-order chi connectivity index (χ1) is 21.6. The van der Waals surface area contributed by atoms with E-state index in [2.05, 4.69) is 5.32 Å². The molecule has 2 amide bonds. The third-order valence-electron chi connectivity index (χ3n) is 7.01. The van der Waals surface area contributed by atoms with Crippen molar-refractivity contribution in [3.63, 3.8) is 0 Å². The Labute approximate surface area is 270 Å². The number of rotatable bonds is 14. The normalized spacial score (nSPS) is 11.9. The van der Waals surface area contributed by atoms with Gasteiger partial charge in [0.2, 0.25) is 11.8 Å². The first kappa shape index (κ1) is 33.6. The Morgan fingerprint density at radius 3 is 2.04 bits per heavy atom. The zero-order valence-corrected chi connectivity index (χ0v) is 27.2. The molecule has 0 aromatic heterocycles. The Hall–Kier alpha value is -4.34. The number of nitrogens with one attached hydrogen (secondary N) is 1. The predicted molar refractivity (Wildman–Crippen MR) is 178 cm³/mol. The van der Waals surface area contributed by atoms with E-state index in [0.29, 0.717) is 17.4 Å². The lowest BCUT2D eigenvalue weighted by molar-refractivity contribution is -0.140. The van der Waals surface area contributed by atoms with Crippen LogP contribution in [0.15, 0.2) is 114 Å². The average molecular weight is 648 g/mol. The minimum absolute atomic E-state index is 0.0201. The molecule has 1 atom stereocenters. The molecular formula is C35H38ClN3O5S. The quantitative estimate of drug-likeness (QED) is 0.179. The highest BCUT2D eigenvalue weighted by Crippen LogP contribution is 2.33. The zero-order valence-electron chi connectivity index (χ0n) is 25.6. The van der Waals surface area contributed by atoms with Gasteiger partial charge in [-0.05, 0) is 68.3 Å². The van der Waals surface area contributed by atoms with Crippen molar-refractivity contribution in [3.05, 3.63) is 125 Å². The third-order valence-corrected chi connectivity index (χ3v) is 9.04. The van der Waals surface area contributed by atoms with Crippen molar-refractivity contribution in [2.24, 2.45) is 0 Å². The van der Waals surface area contributed by atoms with Gasteiger partial charge in [0.05, 0.1) is 17.2 Å². The topological polar surface area (TPSA) is 96.0 Å². The molecule has 0 spiro atoms. The van der Waals surface area contributed by atoms with E-state index < -0.39 is 28.5 Å². The minimum atomic E-state index is -4.24. The van der Waals surface area contributed by atoms with E-state index in [0.717, 1.165) is 15.4 Å². The van der Waals surface area contributed by atoms with Gasteiger partial charge in [-0.1, -0.05) is 84.4 Å². The fourth-order valence-electron chi connectivity index (χ4n) is 4.89. The summed E-state index contributed by atoms with van der Waals surface area (Å²) in [6.45, 7) is 5.26. The fraction of sp³-hybridized carbons (Fsp3) is 0.257. The number of carbonyl (C=O) groups excluding carboxylic acids is 2. The third kappa shape index (κ3) is 8.86. The molecular weight excluding hydrogens is 610 g/mol. The number of amides is 2. The van der Waals surface area contributed by atoms with Crippen molar-refractivity contribution >= 4 is 39.1 Å². The molecule has 45 heavy (non-hydrogen) atoms. The van der Waals surface area contributed by atoms with E-state index in [1.54, 1.807) is 73.7 Å². The van der Waals surface area contributed by atoms with Crippen LogP contribution in [0.4, 0.5) is 5.69 Å². The van der Waals surface area contributed by atoms with Gasteiger partial charge in [-0.25, -0.2) is 8.42 Å². The molecule has 0 radical (unpaired) electrons. The maximum absolute atomic E-state index is 14.5. The van der Waals surface area contributed by atoms with Crippen LogP contribution < -0.4 is 14.4 Å². The molecule has 4 aromatic rings. The van der Waals surface area contributed by atoms with E-state index in [1.165, 1.54) is 17.0 Å². The number of carbonyl (C=O) groups is 2. The molecule has 0 aliphatic rings. The second-order valence-electron chi connectivity index (χ2n) is 10.7. The summed E-state index contributed by atoms with van der Waals surface area (Å²) in [6.07, 6.45) is 0.222. The average Bonchev–Trinajstić information content (AvgIpc) is 3.03. The van der Waals surface area contributed by atoms with Gasteiger partial charge in [-0.15, -0.1) is 0 Å². The molecule has 0 heterocycles. The summed E-state index contributed by atoms with van der Waals surface area (Å²) in [5.74, 6) is -0.589. The predicted octanol–water partition coefficient (Wildman–Crippen LogP) is 6.10. The summed E-state index contributed by atoms with van der Waals surface area (Å²) in [7, 11) is -4.24. The maximum atomic E-state index is 14.5. The van der Waals surface area contributed by atoms with Gasteiger partial charge in [0.1, 0.15) is 18.3 Å². The smallest absolute Gasteiger partial charge is 0.264 e. The number of halogens is 1. The lowest BCUT2D eigenvalue weighted by atomic mass is 10.0. The number of hydrogen-bond acceptors (Lipinski definition) is 5. The van der Waals surface area contributed by atoms with E-state index in [9.17, 15) is 18.0 Å². The molecule has 0 saturated heterocycles. The fourth-order valence-corrected chi connectivity index (χ4v) is 6.47. The van der Waals surface area contributed by atoms with Crippen molar-refractivity contribution in [1.82, 2.24) is 10.2 Å². The molecule has 1 N–H and O–H groups in total. The van der Waals surface area contributed by atoms with E-state index in [1.807, 2.05) is 44.2 Å². The van der Waals surface area contributed by atoms with Gasteiger partial charge in [-0.2, -0.15) is 0 Å². The number of para-hydroxylation sites is 2. The van der Waals surface area contributed by atoms with Crippen molar-refractivity contribution in [3.8, 4) is 5.75 Å². The Balaban J connectivity index is 1.83. The number of nitrogens with zero attached hydrogens (tertiary/aromatic N) is 2. The zero-order chi connectivity index (χ0) is 32.4. The van der Waals surface area contributed by atoms with Crippen molar-refractivity contribution in [2.45, 2.75) is 50.7 Å². The molecule has 0 fully saturated rings. The monoisotopic (exact) mass is 647 g/mol. The van der Waals surface area contributed by atoms with Crippen molar-refractivity contribution < 1.29 is 22.7 Å². The van der Waals surface area contributed by atoms with Gasteiger partial charge in [-0.3, -0.25) is 13.9 Å². The lowest BCUT2D eigenvalue weighted by Gasteiger charge is -2.34. The molecule has 4 aromatic carbocycles. The lowest BCUT2D eigenvalue weighted by Crippen LogP contribution is -2.54.